The Kier molecular flexibility index (Phi) is 8.50. The van der Waals surface area contributed by atoms with Crippen LogP contribution in [0.25, 0.3) is 0 Å². The van der Waals surface area contributed by atoms with E-state index in [0.29, 0.717) is 5.75 Å². The zero-order valence-electron chi connectivity index (χ0n) is 15.7. The van der Waals surface area contributed by atoms with Crippen molar-refractivity contribution in [3.63, 3.8) is 0 Å². The molecule has 0 fully saturated rings. The summed E-state index contributed by atoms with van der Waals surface area (Å²) in [6.45, 7) is 6.32. The van der Waals surface area contributed by atoms with E-state index in [2.05, 4.69) is 16.0 Å². The number of primary amides is 1. The predicted octanol–water partition coefficient (Wildman–Crippen LogP) is 1.46. The summed E-state index contributed by atoms with van der Waals surface area (Å²) in [5.74, 6) is 1.14. The molecule has 1 unspecified atom stereocenters. The number of carbonyl (C=O) groups excluding carboxylic acids is 3. The summed E-state index contributed by atoms with van der Waals surface area (Å²) in [4.78, 5) is 34.9. The van der Waals surface area contributed by atoms with Crippen LogP contribution in [0.2, 0.25) is 0 Å². The van der Waals surface area contributed by atoms with Crippen molar-refractivity contribution in [2.75, 3.05) is 19.3 Å². The van der Waals surface area contributed by atoms with Gasteiger partial charge < -0.3 is 26.1 Å². The molecule has 4 amide bonds. The Hall–Kier alpha value is -2.16. The maximum absolute atomic E-state index is 12.2. The summed E-state index contributed by atoms with van der Waals surface area (Å²) in [7, 11) is 0. The molecule has 9 heteroatoms. The first-order valence-electron chi connectivity index (χ1n) is 8.32. The lowest BCUT2D eigenvalue weighted by atomic mass is 9.86. The van der Waals surface area contributed by atoms with E-state index in [4.69, 9.17) is 10.2 Å². The second-order valence-corrected chi connectivity index (χ2v) is 7.80. The van der Waals surface area contributed by atoms with Crippen LogP contribution in [0.5, 0.6) is 0 Å². The molecule has 1 aromatic heterocycles. The number of hydrogen-bond acceptors (Lipinski definition) is 5. The fourth-order valence-corrected chi connectivity index (χ4v) is 2.58. The standard InChI is InChI=1S/C17H28N4O4S/c1-17(2,3)13(21-14(22)7-8-19-16(18)24)9-20-15(23)12-6-5-11(25-12)10-26-4/h5-6,13H,7-10H2,1-4H3,(H,20,23)(H,21,22)(H3,18,19,24). The Morgan fingerprint density at radius 2 is 1.92 bits per heavy atom. The number of urea groups is 1. The van der Waals surface area contributed by atoms with Gasteiger partial charge in [-0.2, -0.15) is 11.8 Å². The molecule has 5 N–H and O–H groups in total. The van der Waals surface area contributed by atoms with E-state index in [1.165, 1.54) is 0 Å². The monoisotopic (exact) mass is 384 g/mol. The van der Waals surface area contributed by atoms with Crippen LogP contribution in [0, 0.1) is 5.41 Å². The average Bonchev–Trinajstić information content (AvgIpc) is 2.98. The van der Waals surface area contributed by atoms with Crippen LogP contribution >= 0.6 is 11.8 Å². The molecule has 0 aliphatic rings. The van der Waals surface area contributed by atoms with E-state index in [0.717, 1.165) is 5.76 Å². The number of amides is 4. The Bertz CT molecular complexity index is 625. The van der Waals surface area contributed by atoms with Crippen molar-refractivity contribution < 1.29 is 18.8 Å². The highest BCUT2D eigenvalue weighted by Gasteiger charge is 2.27. The van der Waals surface area contributed by atoms with Crippen molar-refractivity contribution >= 4 is 29.6 Å². The summed E-state index contributed by atoms with van der Waals surface area (Å²) >= 11 is 1.61. The van der Waals surface area contributed by atoms with Crippen molar-refractivity contribution in [2.45, 2.75) is 39.0 Å². The quantitative estimate of drug-likeness (QED) is 0.513. The largest absolute Gasteiger partial charge is 0.455 e. The Labute approximate surface area is 158 Å². The van der Waals surface area contributed by atoms with Crippen LogP contribution in [0.4, 0.5) is 4.79 Å². The highest BCUT2D eigenvalue weighted by Crippen LogP contribution is 2.19. The van der Waals surface area contributed by atoms with Gasteiger partial charge in [-0.3, -0.25) is 9.59 Å². The molecule has 1 aromatic rings. The van der Waals surface area contributed by atoms with Crippen molar-refractivity contribution in [1.29, 1.82) is 0 Å². The maximum Gasteiger partial charge on any atom is 0.312 e. The Morgan fingerprint density at radius 1 is 1.23 bits per heavy atom. The van der Waals surface area contributed by atoms with Crippen molar-refractivity contribution in [1.82, 2.24) is 16.0 Å². The molecule has 0 radical (unpaired) electrons. The highest BCUT2D eigenvalue weighted by atomic mass is 32.2. The SMILES string of the molecule is CSCc1ccc(C(=O)NCC(NC(=O)CCNC(N)=O)C(C)(C)C)o1. The number of hydrogen-bond donors (Lipinski definition) is 4. The number of nitrogens with two attached hydrogens (primary N) is 1. The third kappa shape index (κ3) is 7.81. The normalized spacial score (nSPS) is 12.3. The molecule has 0 saturated heterocycles. The smallest absolute Gasteiger partial charge is 0.312 e. The molecule has 0 saturated carbocycles. The first-order chi connectivity index (χ1) is 12.1. The minimum atomic E-state index is -0.670. The Morgan fingerprint density at radius 3 is 2.50 bits per heavy atom. The second kappa shape index (κ2) is 10.1. The van der Waals surface area contributed by atoms with Gasteiger partial charge in [0.1, 0.15) is 5.76 Å². The number of carbonyl (C=O) groups is 3. The first kappa shape index (κ1) is 21.9. The van der Waals surface area contributed by atoms with E-state index < -0.39 is 6.03 Å². The molecule has 0 aliphatic carbocycles. The molecule has 0 spiro atoms. The maximum atomic E-state index is 12.2. The molecule has 8 nitrogen and oxygen atoms in total. The van der Waals surface area contributed by atoms with Gasteiger partial charge in [-0.15, -0.1) is 0 Å². The van der Waals surface area contributed by atoms with Crippen LogP contribution in [0.1, 0.15) is 43.5 Å². The first-order valence-corrected chi connectivity index (χ1v) is 9.71. The molecular formula is C17H28N4O4S. The van der Waals surface area contributed by atoms with Gasteiger partial charge in [0.15, 0.2) is 5.76 Å². The molecular weight excluding hydrogens is 356 g/mol. The summed E-state index contributed by atoms with van der Waals surface area (Å²) in [5, 5.41) is 8.05. The van der Waals surface area contributed by atoms with Crippen LogP contribution < -0.4 is 21.7 Å². The molecule has 0 aromatic carbocycles. The van der Waals surface area contributed by atoms with Gasteiger partial charge in [-0.05, 0) is 23.8 Å². The van der Waals surface area contributed by atoms with Gasteiger partial charge in [0.25, 0.3) is 5.91 Å². The number of furan rings is 1. The van der Waals surface area contributed by atoms with Crippen molar-refractivity contribution in [2.24, 2.45) is 11.1 Å². The van der Waals surface area contributed by atoms with Crippen LogP contribution in [0.15, 0.2) is 16.5 Å². The lowest BCUT2D eigenvalue weighted by molar-refractivity contribution is -0.122. The molecule has 1 atom stereocenters. The third-order valence-corrected chi connectivity index (χ3v) is 4.24. The fourth-order valence-electron chi connectivity index (χ4n) is 2.14. The number of nitrogens with one attached hydrogen (secondary N) is 3. The molecule has 1 rings (SSSR count). The van der Waals surface area contributed by atoms with Gasteiger partial charge in [0, 0.05) is 19.5 Å². The van der Waals surface area contributed by atoms with E-state index in [9.17, 15) is 14.4 Å². The molecule has 0 bridgehead atoms. The lowest BCUT2D eigenvalue weighted by Gasteiger charge is -2.31. The van der Waals surface area contributed by atoms with E-state index in [1.807, 2.05) is 27.0 Å². The highest BCUT2D eigenvalue weighted by molar-refractivity contribution is 7.97. The minimum Gasteiger partial charge on any atom is -0.455 e. The zero-order chi connectivity index (χ0) is 19.7. The van der Waals surface area contributed by atoms with Gasteiger partial charge in [0.05, 0.1) is 11.8 Å². The van der Waals surface area contributed by atoms with E-state index in [-0.39, 0.29) is 48.5 Å². The summed E-state index contributed by atoms with van der Waals surface area (Å²) < 4.78 is 5.49. The summed E-state index contributed by atoms with van der Waals surface area (Å²) in [5.41, 5.74) is 4.70. The fraction of sp³-hybridized carbons (Fsp3) is 0.588. The van der Waals surface area contributed by atoms with Crippen molar-refractivity contribution in [3.8, 4) is 0 Å². The van der Waals surface area contributed by atoms with E-state index in [1.54, 1.807) is 23.9 Å². The average molecular weight is 385 g/mol. The van der Waals surface area contributed by atoms with Crippen molar-refractivity contribution in [3.05, 3.63) is 23.7 Å². The van der Waals surface area contributed by atoms with Gasteiger partial charge in [-0.25, -0.2) is 4.79 Å². The minimum absolute atomic E-state index is 0.111. The molecule has 0 aliphatic heterocycles. The molecule has 26 heavy (non-hydrogen) atoms. The number of rotatable bonds is 9. The third-order valence-electron chi connectivity index (χ3n) is 3.67. The topological polar surface area (TPSA) is 126 Å². The molecule has 146 valence electrons. The lowest BCUT2D eigenvalue weighted by Crippen LogP contribution is -2.51. The van der Waals surface area contributed by atoms with E-state index >= 15 is 0 Å². The summed E-state index contributed by atoms with van der Waals surface area (Å²) in [6, 6.07) is 2.46. The summed E-state index contributed by atoms with van der Waals surface area (Å²) in [6.07, 6.45) is 2.07. The zero-order valence-corrected chi connectivity index (χ0v) is 16.5. The van der Waals surface area contributed by atoms with Gasteiger partial charge >= 0.3 is 6.03 Å². The number of thioether (sulfide) groups is 1. The van der Waals surface area contributed by atoms with Crippen LogP contribution in [-0.2, 0) is 10.5 Å². The van der Waals surface area contributed by atoms with Crippen LogP contribution in [-0.4, -0.2) is 43.2 Å². The van der Waals surface area contributed by atoms with Gasteiger partial charge in [-0.1, -0.05) is 20.8 Å². The van der Waals surface area contributed by atoms with Gasteiger partial charge in [0.2, 0.25) is 5.91 Å². The van der Waals surface area contributed by atoms with Crippen LogP contribution in [0.3, 0.4) is 0 Å². The predicted molar refractivity (Wildman–Crippen MR) is 102 cm³/mol. The Balaban J connectivity index is 2.57. The molecule has 1 heterocycles. The second-order valence-electron chi connectivity index (χ2n) is 6.94.